The molecule has 1 aromatic heterocycles. The molecule has 0 amide bonds. The fourth-order valence-corrected chi connectivity index (χ4v) is 4.51. The monoisotopic (exact) mass is 391 g/mol. The summed E-state index contributed by atoms with van der Waals surface area (Å²) in [7, 11) is -3.96. The summed E-state index contributed by atoms with van der Waals surface area (Å²) in [4.78, 5) is 7.25. The molecule has 3 aromatic rings. The van der Waals surface area contributed by atoms with Crippen LogP contribution < -0.4 is 4.72 Å². The molecule has 5 nitrogen and oxygen atoms in total. The first kappa shape index (κ1) is 17.9. The van der Waals surface area contributed by atoms with Gasteiger partial charge in [0.2, 0.25) is 0 Å². The summed E-state index contributed by atoms with van der Waals surface area (Å²) in [5.74, 6) is -0.788. The maximum Gasteiger partial charge on any atom is 0.262 e. The first-order valence-electron chi connectivity index (χ1n) is 8.41. The number of benzene rings is 2. The van der Waals surface area contributed by atoms with Gasteiger partial charge in [0.1, 0.15) is 5.82 Å². The van der Waals surface area contributed by atoms with Gasteiger partial charge in [0.05, 0.1) is 17.2 Å². The van der Waals surface area contributed by atoms with Crippen molar-refractivity contribution >= 4 is 26.3 Å². The minimum Gasteiger partial charge on any atom is -0.277 e. The van der Waals surface area contributed by atoms with E-state index in [1.54, 1.807) is 24.5 Å². The zero-order chi connectivity index (χ0) is 19.7. The van der Waals surface area contributed by atoms with Gasteiger partial charge >= 0.3 is 0 Å². The summed E-state index contributed by atoms with van der Waals surface area (Å²) in [5.41, 5.74) is 3.38. The second kappa shape index (κ2) is 6.91. The van der Waals surface area contributed by atoms with Crippen LogP contribution in [0.3, 0.4) is 0 Å². The van der Waals surface area contributed by atoms with Gasteiger partial charge < -0.3 is 0 Å². The van der Waals surface area contributed by atoms with E-state index in [0.717, 1.165) is 22.8 Å². The second-order valence-electron chi connectivity index (χ2n) is 6.26. The van der Waals surface area contributed by atoms with Gasteiger partial charge in [-0.2, -0.15) is 0 Å². The number of allylic oxidation sites excluding steroid dienone is 1. The van der Waals surface area contributed by atoms with Crippen LogP contribution in [0.2, 0.25) is 0 Å². The van der Waals surface area contributed by atoms with Gasteiger partial charge in [0, 0.05) is 12.4 Å². The average Bonchev–Trinajstić information content (AvgIpc) is 3.14. The molecule has 0 aliphatic heterocycles. The molecule has 2 aromatic carbocycles. The molecular formula is C21H14FN3O2S. The number of hydrogen-bond donors (Lipinski definition) is 1. The predicted octanol–water partition coefficient (Wildman–Crippen LogP) is 4.78. The predicted molar refractivity (Wildman–Crippen MR) is 107 cm³/mol. The number of rotatable bonds is 4. The Morgan fingerprint density at radius 3 is 2.54 bits per heavy atom. The first-order chi connectivity index (χ1) is 13.5. The lowest BCUT2D eigenvalue weighted by atomic mass is 10.0. The zero-order valence-electron chi connectivity index (χ0n) is 14.6. The highest BCUT2D eigenvalue weighted by molar-refractivity contribution is 8.01. The topological polar surface area (TPSA) is 63.4 Å². The molecule has 4 rings (SSSR count). The third kappa shape index (κ3) is 3.26. The highest BCUT2D eigenvalue weighted by Crippen LogP contribution is 2.35. The fraction of sp³-hybridized carbons (Fsp3) is 0.0476. The lowest BCUT2D eigenvalue weighted by Gasteiger charge is -2.12. The molecule has 1 heterocycles. The number of aromatic nitrogens is 1. The smallest absolute Gasteiger partial charge is 0.262 e. The number of fused-ring (bicyclic) bond motifs is 1. The zero-order valence-corrected chi connectivity index (χ0v) is 15.4. The van der Waals surface area contributed by atoms with Crippen LogP contribution in [-0.4, -0.2) is 13.4 Å². The summed E-state index contributed by atoms with van der Waals surface area (Å²) < 4.78 is 42.0. The third-order valence-electron chi connectivity index (χ3n) is 4.51. The summed E-state index contributed by atoms with van der Waals surface area (Å²) >= 11 is 0. The van der Waals surface area contributed by atoms with Gasteiger partial charge in [-0.05, 0) is 52.9 Å². The van der Waals surface area contributed by atoms with Crippen molar-refractivity contribution in [1.82, 2.24) is 4.98 Å². The maximum absolute atomic E-state index is 14.1. The summed E-state index contributed by atoms with van der Waals surface area (Å²) in [6.07, 6.45) is 5.50. The molecule has 0 radical (unpaired) electrons. The van der Waals surface area contributed by atoms with Crippen molar-refractivity contribution in [2.45, 2.75) is 6.42 Å². The first-order valence-corrected chi connectivity index (χ1v) is 9.90. The van der Waals surface area contributed by atoms with E-state index in [0.29, 0.717) is 12.0 Å². The van der Waals surface area contributed by atoms with Crippen molar-refractivity contribution in [3.05, 3.63) is 95.4 Å². The number of pyridine rings is 1. The van der Waals surface area contributed by atoms with E-state index in [1.165, 1.54) is 12.1 Å². The van der Waals surface area contributed by atoms with Crippen molar-refractivity contribution in [2.24, 2.45) is 0 Å². The van der Waals surface area contributed by atoms with Crippen LogP contribution in [0.25, 0.3) is 20.9 Å². The van der Waals surface area contributed by atoms with Crippen molar-refractivity contribution < 1.29 is 12.8 Å². The number of nitrogens with one attached hydrogen (secondary N) is 1. The molecule has 1 aliphatic rings. The molecule has 0 atom stereocenters. The Morgan fingerprint density at radius 1 is 1.04 bits per heavy atom. The molecule has 1 aliphatic carbocycles. The molecule has 0 bridgehead atoms. The minimum atomic E-state index is -3.96. The maximum atomic E-state index is 14.1. The van der Waals surface area contributed by atoms with Gasteiger partial charge in [-0.1, -0.05) is 30.3 Å². The van der Waals surface area contributed by atoms with Crippen LogP contribution in [0.5, 0.6) is 0 Å². The Bertz CT molecular complexity index is 1250. The van der Waals surface area contributed by atoms with Gasteiger partial charge in [0.15, 0.2) is 5.69 Å². The van der Waals surface area contributed by atoms with Crippen molar-refractivity contribution in [2.75, 3.05) is 4.72 Å². The molecule has 0 saturated heterocycles. The minimum absolute atomic E-state index is 0.106. The summed E-state index contributed by atoms with van der Waals surface area (Å²) in [6, 6.07) is 13.0. The van der Waals surface area contributed by atoms with Crippen molar-refractivity contribution in [1.29, 1.82) is 0 Å². The Morgan fingerprint density at radius 2 is 1.82 bits per heavy atom. The van der Waals surface area contributed by atoms with E-state index in [2.05, 4.69) is 14.6 Å². The van der Waals surface area contributed by atoms with Gasteiger partial charge in [-0.3, -0.25) is 9.71 Å². The van der Waals surface area contributed by atoms with Crippen LogP contribution >= 0.6 is 0 Å². The summed E-state index contributed by atoms with van der Waals surface area (Å²) in [5, 5.41) is 0. The Kier molecular flexibility index (Phi) is 4.41. The largest absolute Gasteiger partial charge is 0.277 e. The lowest BCUT2D eigenvalue weighted by molar-refractivity contribution is 0.607. The van der Waals surface area contributed by atoms with Gasteiger partial charge in [-0.25, -0.2) is 17.7 Å². The third-order valence-corrected chi connectivity index (χ3v) is 5.96. The van der Waals surface area contributed by atoms with E-state index in [9.17, 15) is 12.8 Å². The van der Waals surface area contributed by atoms with Gasteiger partial charge in [0.25, 0.3) is 10.0 Å². The second-order valence-corrected chi connectivity index (χ2v) is 7.91. The fourth-order valence-electron chi connectivity index (χ4n) is 3.15. The summed E-state index contributed by atoms with van der Waals surface area (Å²) in [6.45, 7) is 6.89. The highest BCUT2D eigenvalue weighted by Gasteiger charge is 2.26. The molecule has 7 heteroatoms. The Labute approximate surface area is 162 Å². The SMILES string of the molecule is [C-]#[N+]c1ccc(NS(=O)(=O)C2=CCc3cc(-c4ccncc4)ccc32)c(F)c1. The molecule has 28 heavy (non-hydrogen) atoms. The van der Waals surface area contributed by atoms with Crippen LogP contribution in [0, 0.1) is 12.4 Å². The molecule has 0 fully saturated rings. The van der Waals surface area contributed by atoms with Crippen LogP contribution in [-0.2, 0) is 16.4 Å². The molecule has 1 N–H and O–H groups in total. The highest BCUT2D eigenvalue weighted by atomic mass is 32.2. The van der Waals surface area contributed by atoms with E-state index in [-0.39, 0.29) is 16.3 Å². The number of anilines is 1. The van der Waals surface area contributed by atoms with E-state index in [4.69, 9.17) is 6.57 Å². The van der Waals surface area contributed by atoms with Crippen molar-refractivity contribution in [3.63, 3.8) is 0 Å². The molecule has 138 valence electrons. The lowest BCUT2D eigenvalue weighted by Crippen LogP contribution is -2.14. The van der Waals surface area contributed by atoms with Gasteiger partial charge in [-0.15, -0.1) is 0 Å². The standard InChI is InChI=1S/C21H14FN3O2S/c1-23-17-4-6-20(19(22)13-17)25-28(26,27)21-7-3-16-12-15(2-5-18(16)21)14-8-10-24-11-9-14/h2,4-13,25H,3H2. The van der Waals surface area contributed by atoms with Crippen LogP contribution in [0.15, 0.2) is 67.0 Å². The van der Waals surface area contributed by atoms with E-state index < -0.39 is 15.8 Å². The molecular weight excluding hydrogens is 377 g/mol. The Balaban J connectivity index is 1.64. The molecule has 0 saturated carbocycles. The molecule has 0 spiro atoms. The number of hydrogen-bond acceptors (Lipinski definition) is 3. The average molecular weight is 391 g/mol. The van der Waals surface area contributed by atoms with E-state index in [1.807, 2.05) is 24.3 Å². The number of nitrogens with zero attached hydrogens (tertiary/aromatic N) is 2. The number of sulfonamides is 1. The molecule has 0 unspecified atom stereocenters. The number of halogens is 1. The quantitative estimate of drug-likeness (QED) is 0.651. The van der Waals surface area contributed by atoms with Crippen molar-refractivity contribution in [3.8, 4) is 11.1 Å². The van der Waals surface area contributed by atoms with Crippen LogP contribution in [0.1, 0.15) is 11.1 Å². The normalized spacial score (nSPS) is 12.8. The Hall–Kier alpha value is -3.50. The van der Waals surface area contributed by atoms with E-state index >= 15 is 0 Å². The van der Waals surface area contributed by atoms with Crippen LogP contribution in [0.4, 0.5) is 15.8 Å².